The van der Waals surface area contributed by atoms with E-state index in [1.165, 1.54) is 52.1 Å². The monoisotopic (exact) mass is 433 g/mol. The van der Waals surface area contributed by atoms with Crippen molar-refractivity contribution in [3.8, 4) is 17.1 Å². The molecule has 12 nitrogen and oxygen atoms in total. The number of hydrogen-bond donors (Lipinski definition) is 3. The molecule has 2 heterocycles. The average molecular weight is 433 g/mol. The lowest BCUT2D eigenvalue weighted by molar-refractivity contribution is -0.384. The van der Waals surface area contributed by atoms with E-state index in [0.29, 0.717) is 11.4 Å². The number of nitro groups is 1. The summed E-state index contributed by atoms with van der Waals surface area (Å²) in [7, 11) is 0. The van der Waals surface area contributed by atoms with Crippen molar-refractivity contribution >= 4 is 17.5 Å². The molecule has 0 aliphatic rings. The van der Waals surface area contributed by atoms with E-state index in [1.807, 2.05) is 6.07 Å². The molecule has 32 heavy (non-hydrogen) atoms. The van der Waals surface area contributed by atoms with Crippen molar-refractivity contribution in [2.75, 3.05) is 0 Å². The Bertz CT molecular complexity index is 1300. The van der Waals surface area contributed by atoms with Crippen LogP contribution in [0, 0.1) is 10.1 Å². The number of nitrogens with one attached hydrogen (secondary N) is 2. The van der Waals surface area contributed by atoms with Crippen molar-refractivity contribution in [3.63, 3.8) is 0 Å². The number of non-ortho nitro benzene ring substituents is 1. The molecule has 3 N–H and O–H groups in total. The maximum Gasteiger partial charge on any atom is 0.294 e. The first-order chi connectivity index (χ1) is 15.4. The number of aromatic nitrogens is 4. The lowest BCUT2D eigenvalue weighted by Crippen LogP contribution is -2.42. The zero-order chi connectivity index (χ0) is 22.7. The Morgan fingerprint density at radius 1 is 0.875 bits per heavy atom. The maximum absolute atomic E-state index is 12.3. The normalized spacial score (nSPS) is 10.5. The largest absolute Gasteiger partial charge is 0.504 e. The number of para-hydroxylation sites is 1. The Hall–Kier alpha value is -5.00. The van der Waals surface area contributed by atoms with Gasteiger partial charge in [-0.05, 0) is 30.3 Å². The Kier molecular flexibility index (Phi) is 5.32. The van der Waals surface area contributed by atoms with Crippen molar-refractivity contribution < 1.29 is 19.6 Å². The number of carbonyl (C=O) groups is 2. The first-order valence-corrected chi connectivity index (χ1v) is 9.17. The molecular formula is C20H15N7O5. The molecule has 12 heteroatoms. The minimum atomic E-state index is -0.819. The van der Waals surface area contributed by atoms with E-state index in [2.05, 4.69) is 21.0 Å². The Balaban J connectivity index is 1.40. The van der Waals surface area contributed by atoms with Crippen LogP contribution in [0.15, 0.2) is 73.1 Å². The van der Waals surface area contributed by atoms with Gasteiger partial charge in [-0.15, -0.1) is 0 Å². The van der Waals surface area contributed by atoms with Crippen LogP contribution < -0.4 is 10.9 Å². The lowest BCUT2D eigenvalue weighted by Gasteiger charge is -2.05. The van der Waals surface area contributed by atoms with E-state index in [0.717, 1.165) is 0 Å². The molecule has 0 aliphatic carbocycles. The maximum atomic E-state index is 12.3. The van der Waals surface area contributed by atoms with Crippen molar-refractivity contribution in [3.05, 3.63) is 94.6 Å². The van der Waals surface area contributed by atoms with Crippen LogP contribution in [0.2, 0.25) is 0 Å². The Morgan fingerprint density at radius 3 is 2.22 bits per heavy atom. The highest BCUT2D eigenvalue weighted by molar-refractivity contribution is 5.98. The fraction of sp³-hybridized carbons (Fsp3) is 0. The van der Waals surface area contributed by atoms with E-state index in [9.17, 15) is 24.8 Å². The zero-order valence-corrected chi connectivity index (χ0v) is 16.2. The highest BCUT2D eigenvalue weighted by Gasteiger charge is 2.19. The summed E-state index contributed by atoms with van der Waals surface area (Å²) in [5, 5.41) is 28.9. The first-order valence-electron chi connectivity index (χ1n) is 9.17. The molecule has 0 saturated carbocycles. The van der Waals surface area contributed by atoms with Crippen LogP contribution in [0.25, 0.3) is 11.4 Å². The lowest BCUT2D eigenvalue weighted by atomic mass is 10.3. The summed E-state index contributed by atoms with van der Waals surface area (Å²) in [6.45, 7) is 0. The summed E-state index contributed by atoms with van der Waals surface area (Å²) in [5.74, 6) is -1.88. The van der Waals surface area contributed by atoms with Gasteiger partial charge < -0.3 is 5.11 Å². The summed E-state index contributed by atoms with van der Waals surface area (Å²) in [4.78, 5) is 34.8. The molecule has 0 spiro atoms. The fourth-order valence-corrected chi connectivity index (χ4v) is 2.79. The molecule has 0 unspecified atom stereocenters. The number of hydrogen-bond acceptors (Lipinski definition) is 7. The number of aromatic hydroxyl groups is 1. The molecule has 0 bridgehead atoms. The molecular weight excluding hydrogens is 418 g/mol. The Labute approximate surface area is 179 Å². The summed E-state index contributed by atoms with van der Waals surface area (Å²) in [5.41, 5.74) is 5.17. The molecule has 4 rings (SSSR count). The van der Waals surface area contributed by atoms with E-state index in [-0.39, 0.29) is 22.8 Å². The van der Waals surface area contributed by atoms with E-state index < -0.39 is 16.7 Å². The molecule has 2 amide bonds. The first kappa shape index (κ1) is 20.3. The number of rotatable bonds is 5. The van der Waals surface area contributed by atoms with E-state index >= 15 is 0 Å². The predicted octanol–water partition coefficient (Wildman–Crippen LogP) is 1.75. The second-order valence-corrected chi connectivity index (χ2v) is 6.47. The third-order valence-corrected chi connectivity index (χ3v) is 4.37. The van der Waals surface area contributed by atoms with Gasteiger partial charge in [-0.1, -0.05) is 18.2 Å². The van der Waals surface area contributed by atoms with Gasteiger partial charge in [0.15, 0.2) is 17.1 Å². The molecule has 160 valence electrons. The van der Waals surface area contributed by atoms with Crippen molar-refractivity contribution in [1.82, 2.24) is 30.4 Å². The molecule has 0 aliphatic heterocycles. The van der Waals surface area contributed by atoms with Crippen LogP contribution >= 0.6 is 0 Å². The van der Waals surface area contributed by atoms with Crippen molar-refractivity contribution in [2.24, 2.45) is 0 Å². The molecule has 0 atom stereocenters. The number of nitro benzene ring substituents is 1. The summed E-state index contributed by atoms with van der Waals surface area (Å²) < 4.78 is 2.69. The SMILES string of the molecule is O=C(NNC(=O)c1nn(-c2ccccc2)cc1O)c1ccn(-c2ccc([N+](=O)[O-])cc2)n1. The van der Waals surface area contributed by atoms with E-state index in [1.54, 1.807) is 24.3 Å². The molecule has 2 aromatic heterocycles. The van der Waals surface area contributed by atoms with Gasteiger partial charge in [-0.3, -0.25) is 30.6 Å². The van der Waals surface area contributed by atoms with Crippen LogP contribution in [-0.4, -0.2) is 41.4 Å². The predicted molar refractivity (Wildman–Crippen MR) is 110 cm³/mol. The van der Waals surface area contributed by atoms with Crippen molar-refractivity contribution in [2.45, 2.75) is 0 Å². The number of benzene rings is 2. The van der Waals surface area contributed by atoms with Crippen LogP contribution in [-0.2, 0) is 0 Å². The van der Waals surface area contributed by atoms with Gasteiger partial charge in [0.05, 0.1) is 22.5 Å². The number of hydrazine groups is 1. The number of carbonyl (C=O) groups excluding carboxylic acids is 2. The molecule has 2 aromatic carbocycles. The highest BCUT2D eigenvalue weighted by Crippen LogP contribution is 2.18. The minimum absolute atomic E-state index is 0.0114. The second-order valence-electron chi connectivity index (χ2n) is 6.47. The quantitative estimate of drug-likeness (QED) is 0.319. The second kappa shape index (κ2) is 8.39. The van der Waals surface area contributed by atoms with Crippen molar-refractivity contribution in [1.29, 1.82) is 0 Å². The molecule has 0 fully saturated rings. The molecule has 4 aromatic rings. The topological polar surface area (TPSA) is 157 Å². The summed E-state index contributed by atoms with van der Waals surface area (Å²) in [6.07, 6.45) is 2.77. The molecule has 0 saturated heterocycles. The standard InChI is InChI=1S/C20H15N7O5/c28-17-12-26(13-4-2-1-3-5-13)24-18(17)20(30)22-21-19(29)16-10-11-25(23-16)14-6-8-15(9-7-14)27(31)32/h1-12,28H,(H,21,29)(H,22,30). The van der Waals surface area contributed by atoms with Gasteiger partial charge in [0.1, 0.15) is 0 Å². The molecule has 0 radical (unpaired) electrons. The highest BCUT2D eigenvalue weighted by atomic mass is 16.6. The van der Waals surface area contributed by atoms with Gasteiger partial charge in [0.25, 0.3) is 17.5 Å². The van der Waals surface area contributed by atoms with Gasteiger partial charge in [0.2, 0.25) is 0 Å². The summed E-state index contributed by atoms with van der Waals surface area (Å²) in [6, 6.07) is 15.9. The van der Waals surface area contributed by atoms with Gasteiger partial charge >= 0.3 is 0 Å². The van der Waals surface area contributed by atoms with Gasteiger partial charge in [-0.2, -0.15) is 10.2 Å². The zero-order valence-electron chi connectivity index (χ0n) is 16.2. The van der Waals surface area contributed by atoms with Crippen LogP contribution in [0.1, 0.15) is 21.0 Å². The smallest absolute Gasteiger partial charge is 0.294 e. The average Bonchev–Trinajstić information content (AvgIpc) is 3.45. The third kappa shape index (κ3) is 4.14. The summed E-state index contributed by atoms with van der Waals surface area (Å²) >= 11 is 0. The third-order valence-electron chi connectivity index (χ3n) is 4.37. The van der Waals surface area contributed by atoms with E-state index in [4.69, 9.17) is 0 Å². The van der Waals surface area contributed by atoms with Crippen LogP contribution in [0.5, 0.6) is 5.75 Å². The number of amides is 2. The number of nitrogens with zero attached hydrogens (tertiary/aromatic N) is 5. The minimum Gasteiger partial charge on any atom is -0.504 e. The van der Waals surface area contributed by atoms with Gasteiger partial charge in [-0.25, -0.2) is 9.36 Å². The Morgan fingerprint density at radius 2 is 1.53 bits per heavy atom. The van der Waals surface area contributed by atoms with Crippen LogP contribution in [0.4, 0.5) is 5.69 Å². The van der Waals surface area contributed by atoms with Gasteiger partial charge in [0, 0.05) is 18.3 Å². The fourth-order valence-electron chi connectivity index (χ4n) is 2.79. The van der Waals surface area contributed by atoms with Crippen LogP contribution in [0.3, 0.4) is 0 Å².